The molecule has 102 valence electrons. The number of hydrogen-bond donors (Lipinski definition) is 0. The van der Waals surface area contributed by atoms with Gasteiger partial charge >= 0.3 is 0 Å². The molecule has 0 saturated carbocycles. The fourth-order valence-corrected chi connectivity index (χ4v) is 1.86. The molecule has 1 aromatic carbocycles. The highest BCUT2D eigenvalue weighted by Gasteiger charge is 2.18. The van der Waals surface area contributed by atoms with Crippen molar-refractivity contribution in [3.8, 4) is 11.3 Å². The van der Waals surface area contributed by atoms with E-state index in [9.17, 15) is 10.1 Å². The molecule has 2 aromatic rings. The number of nitro benzene ring substituents is 1. The normalized spacial score (nSPS) is 10.1. The molecule has 0 radical (unpaired) electrons. The largest absolute Gasteiger partial charge is 0.361 e. The van der Waals surface area contributed by atoms with Gasteiger partial charge in [-0.15, -0.1) is 0 Å². The lowest BCUT2D eigenvalue weighted by Crippen LogP contribution is -1.93. The SMILES string of the molecule is Cc1ccc(-c2noc(C)c2CN=[N+]=[N-])cc1[N+](=O)[O-]. The van der Waals surface area contributed by atoms with Crippen LogP contribution in [-0.2, 0) is 6.54 Å². The monoisotopic (exact) mass is 273 g/mol. The third kappa shape index (κ3) is 2.45. The maximum atomic E-state index is 11.0. The van der Waals surface area contributed by atoms with Gasteiger partial charge in [0.25, 0.3) is 5.69 Å². The number of hydrogen-bond acceptors (Lipinski definition) is 5. The quantitative estimate of drug-likeness (QED) is 0.277. The molecule has 0 unspecified atom stereocenters. The molecule has 0 saturated heterocycles. The lowest BCUT2D eigenvalue weighted by atomic mass is 10.0. The van der Waals surface area contributed by atoms with E-state index in [2.05, 4.69) is 15.2 Å². The number of azide groups is 1. The average molecular weight is 273 g/mol. The van der Waals surface area contributed by atoms with Gasteiger partial charge in [-0.25, -0.2) is 0 Å². The summed E-state index contributed by atoms with van der Waals surface area (Å²) in [6, 6.07) is 4.81. The van der Waals surface area contributed by atoms with E-state index in [1.165, 1.54) is 6.07 Å². The molecule has 0 amide bonds. The van der Waals surface area contributed by atoms with Gasteiger partial charge in [-0.1, -0.05) is 22.4 Å². The second-order valence-corrected chi connectivity index (χ2v) is 4.21. The minimum atomic E-state index is -0.446. The molecule has 2 rings (SSSR count). The van der Waals surface area contributed by atoms with Gasteiger partial charge in [-0.2, -0.15) is 0 Å². The molecular weight excluding hydrogens is 262 g/mol. The molecule has 1 aromatic heterocycles. The highest BCUT2D eigenvalue weighted by Crippen LogP contribution is 2.30. The summed E-state index contributed by atoms with van der Waals surface area (Å²) in [6.45, 7) is 3.45. The molecule has 0 aliphatic carbocycles. The summed E-state index contributed by atoms with van der Waals surface area (Å²) in [5, 5.41) is 18.3. The topological polar surface area (TPSA) is 118 Å². The molecular formula is C12H11N5O3. The fraction of sp³-hybridized carbons (Fsp3) is 0.250. The first-order valence-electron chi connectivity index (χ1n) is 5.76. The van der Waals surface area contributed by atoms with Crippen molar-refractivity contribution in [2.24, 2.45) is 5.11 Å². The first kappa shape index (κ1) is 13.6. The number of rotatable bonds is 4. The zero-order valence-electron chi connectivity index (χ0n) is 10.9. The zero-order chi connectivity index (χ0) is 14.7. The van der Waals surface area contributed by atoms with Crippen LogP contribution in [0.4, 0.5) is 5.69 Å². The number of nitro groups is 1. The van der Waals surface area contributed by atoms with Crippen LogP contribution in [0.15, 0.2) is 27.8 Å². The van der Waals surface area contributed by atoms with Crippen molar-refractivity contribution in [1.82, 2.24) is 5.16 Å². The van der Waals surface area contributed by atoms with E-state index >= 15 is 0 Å². The number of nitrogens with zero attached hydrogens (tertiary/aromatic N) is 5. The lowest BCUT2D eigenvalue weighted by Gasteiger charge is -2.02. The van der Waals surface area contributed by atoms with Crippen LogP contribution in [0.2, 0.25) is 0 Å². The summed E-state index contributed by atoms with van der Waals surface area (Å²) in [5.41, 5.74) is 10.6. The average Bonchev–Trinajstić information content (AvgIpc) is 2.78. The summed E-state index contributed by atoms with van der Waals surface area (Å²) in [7, 11) is 0. The molecule has 0 bridgehead atoms. The Morgan fingerprint density at radius 2 is 2.25 bits per heavy atom. The summed E-state index contributed by atoms with van der Waals surface area (Å²) >= 11 is 0. The highest BCUT2D eigenvalue weighted by atomic mass is 16.6. The number of aryl methyl sites for hydroxylation is 2. The van der Waals surface area contributed by atoms with E-state index in [0.717, 1.165) is 0 Å². The fourth-order valence-electron chi connectivity index (χ4n) is 1.86. The molecule has 20 heavy (non-hydrogen) atoms. The van der Waals surface area contributed by atoms with Crippen LogP contribution >= 0.6 is 0 Å². The standard InChI is InChI=1S/C12H11N5O3/c1-7-3-4-9(5-11(7)17(18)19)12-10(6-14-16-13)8(2)20-15-12/h3-5H,6H2,1-2H3. The Kier molecular flexibility index (Phi) is 3.67. The van der Waals surface area contributed by atoms with Crippen LogP contribution in [0.1, 0.15) is 16.9 Å². The van der Waals surface area contributed by atoms with Crippen LogP contribution in [0.5, 0.6) is 0 Å². The van der Waals surface area contributed by atoms with E-state index < -0.39 is 4.92 Å². The molecule has 0 aliphatic rings. The molecule has 0 atom stereocenters. The summed E-state index contributed by atoms with van der Waals surface area (Å²) in [5.74, 6) is 0.524. The maximum absolute atomic E-state index is 11.0. The Hall–Kier alpha value is -2.86. The molecule has 0 fully saturated rings. The predicted octanol–water partition coefficient (Wildman–Crippen LogP) is 3.68. The van der Waals surface area contributed by atoms with Gasteiger partial charge in [0.05, 0.1) is 11.5 Å². The Bertz CT molecular complexity index is 716. The van der Waals surface area contributed by atoms with Crippen molar-refractivity contribution >= 4 is 5.69 Å². The predicted molar refractivity (Wildman–Crippen MR) is 70.9 cm³/mol. The van der Waals surface area contributed by atoms with Crippen molar-refractivity contribution in [3.05, 3.63) is 55.6 Å². The van der Waals surface area contributed by atoms with Crippen LogP contribution in [0, 0.1) is 24.0 Å². The molecule has 8 nitrogen and oxygen atoms in total. The Balaban J connectivity index is 2.54. The number of benzene rings is 1. The van der Waals surface area contributed by atoms with Crippen LogP contribution < -0.4 is 0 Å². The van der Waals surface area contributed by atoms with Gasteiger partial charge < -0.3 is 4.52 Å². The van der Waals surface area contributed by atoms with Crippen molar-refractivity contribution in [2.75, 3.05) is 0 Å². The second-order valence-electron chi connectivity index (χ2n) is 4.21. The zero-order valence-corrected chi connectivity index (χ0v) is 10.9. The lowest BCUT2D eigenvalue weighted by molar-refractivity contribution is -0.385. The van der Waals surface area contributed by atoms with Crippen molar-refractivity contribution in [1.29, 1.82) is 0 Å². The van der Waals surface area contributed by atoms with Gasteiger partial charge in [-0.05, 0) is 19.4 Å². The highest BCUT2D eigenvalue weighted by molar-refractivity contribution is 5.67. The smallest absolute Gasteiger partial charge is 0.272 e. The van der Waals surface area contributed by atoms with Gasteiger partial charge in [-0.3, -0.25) is 10.1 Å². The van der Waals surface area contributed by atoms with Gasteiger partial charge in [0.15, 0.2) is 0 Å². The molecule has 1 heterocycles. The number of aromatic nitrogens is 1. The van der Waals surface area contributed by atoms with Crippen LogP contribution in [-0.4, -0.2) is 10.1 Å². The minimum Gasteiger partial charge on any atom is -0.361 e. The second kappa shape index (κ2) is 5.41. The molecule has 0 N–H and O–H groups in total. The van der Waals surface area contributed by atoms with Gasteiger partial charge in [0.2, 0.25) is 0 Å². The van der Waals surface area contributed by atoms with Crippen molar-refractivity contribution in [2.45, 2.75) is 20.4 Å². The van der Waals surface area contributed by atoms with Gasteiger partial charge in [0, 0.05) is 27.7 Å². The first-order chi connectivity index (χ1) is 9.54. The van der Waals surface area contributed by atoms with E-state index in [0.29, 0.717) is 28.1 Å². The Morgan fingerprint density at radius 1 is 1.50 bits per heavy atom. The minimum absolute atomic E-state index is 0.0119. The molecule has 8 heteroatoms. The van der Waals surface area contributed by atoms with Crippen molar-refractivity contribution in [3.63, 3.8) is 0 Å². The van der Waals surface area contributed by atoms with E-state index in [-0.39, 0.29) is 12.2 Å². The van der Waals surface area contributed by atoms with Gasteiger partial charge in [0.1, 0.15) is 11.5 Å². The summed E-state index contributed by atoms with van der Waals surface area (Å²) in [6.07, 6.45) is 0. The van der Waals surface area contributed by atoms with E-state index in [1.54, 1.807) is 26.0 Å². The van der Waals surface area contributed by atoms with Crippen LogP contribution in [0.3, 0.4) is 0 Å². The summed E-state index contributed by atoms with van der Waals surface area (Å²) < 4.78 is 5.07. The Morgan fingerprint density at radius 3 is 2.90 bits per heavy atom. The van der Waals surface area contributed by atoms with E-state index in [1.807, 2.05) is 0 Å². The van der Waals surface area contributed by atoms with Crippen molar-refractivity contribution < 1.29 is 9.45 Å². The first-order valence-corrected chi connectivity index (χ1v) is 5.76. The third-order valence-electron chi connectivity index (χ3n) is 2.96. The summed E-state index contributed by atoms with van der Waals surface area (Å²) in [4.78, 5) is 13.2. The van der Waals surface area contributed by atoms with E-state index in [4.69, 9.17) is 10.1 Å². The molecule has 0 aliphatic heterocycles. The van der Waals surface area contributed by atoms with Crippen LogP contribution in [0.25, 0.3) is 21.7 Å². The maximum Gasteiger partial charge on any atom is 0.272 e. The molecule has 0 spiro atoms. The third-order valence-corrected chi connectivity index (χ3v) is 2.96. The Labute approximate surface area is 113 Å².